The van der Waals surface area contributed by atoms with Crippen molar-refractivity contribution < 1.29 is 18.4 Å². The average molecular weight is 458 g/mol. The number of rotatable bonds is 11. The van der Waals surface area contributed by atoms with Crippen molar-refractivity contribution >= 4 is 5.91 Å². The second-order valence-electron chi connectivity index (χ2n) is 8.56. The first kappa shape index (κ1) is 22.0. The summed E-state index contributed by atoms with van der Waals surface area (Å²) in [4.78, 5) is 19.1. The molecule has 34 heavy (non-hydrogen) atoms. The Balaban J connectivity index is 1.21. The van der Waals surface area contributed by atoms with Gasteiger partial charge >= 0.3 is 0 Å². The predicted octanol–water partition coefficient (Wildman–Crippen LogP) is 5.40. The summed E-state index contributed by atoms with van der Waals surface area (Å²) in [5, 5.41) is 2.79. The molecule has 0 radical (unpaired) electrons. The summed E-state index contributed by atoms with van der Waals surface area (Å²) in [7, 11) is 0. The highest BCUT2D eigenvalue weighted by atomic mass is 16.5. The molecule has 1 saturated carbocycles. The number of ether oxygens (including phenoxy) is 1. The summed E-state index contributed by atoms with van der Waals surface area (Å²) in [6.45, 7) is 2.55. The number of carbonyl (C=O) groups is 1. The van der Waals surface area contributed by atoms with E-state index in [0.717, 1.165) is 30.2 Å². The summed E-state index contributed by atoms with van der Waals surface area (Å²) in [6.07, 6.45) is 5.49. The average Bonchev–Trinajstić information content (AvgIpc) is 3.30. The molecule has 7 heteroatoms. The van der Waals surface area contributed by atoms with E-state index in [1.54, 1.807) is 12.3 Å². The van der Waals surface area contributed by atoms with E-state index in [0.29, 0.717) is 30.7 Å². The van der Waals surface area contributed by atoms with Gasteiger partial charge in [0.05, 0.1) is 19.4 Å². The van der Waals surface area contributed by atoms with E-state index in [4.69, 9.17) is 13.6 Å². The fraction of sp³-hybridized carbons (Fsp3) is 0.259. The smallest absolute Gasteiger partial charge is 0.273 e. The Hall–Kier alpha value is -3.84. The van der Waals surface area contributed by atoms with Gasteiger partial charge in [0.25, 0.3) is 5.91 Å². The van der Waals surface area contributed by atoms with Crippen molar-refractivity contribution in [1.82, 2.24) is 15.2 Å². The van der Waals surface area contributed by atoms with Crippen molar-refractivity contribution in [3.05, 3.63) is 102 Å². The first-order valence-electron chi connectivity index (χ1n) is 11.5. The third-order valence-corrected chi connectivity index (χ3v) is 5.64. The van der Waals surface area contributed by atoms with Crippen molar-refractivity contribution in [2.24, 2.45) is 5.92 Å². The van der Waals surface area contributed by atoms with E-state index in [1.165, 1.54) is 19.1 Å². The maximum Gasteiger partial charge on any atom is 0.273 e. The Morgan fingerprint density at radius 1 is 1.00 bits per heavy atom. The molecule has 0 unspecified atom stereocenters. The number of oxazole rings is 1. The maximum absolute atomic E-state index is 12.4. The first-order chi connectivity index (χ1) is 16.7. The standard InChI is InChI=1S/C27H27N3O4/c31-27(28-15-24-10-5-13-32-24)25-19-33-26(29-25)18-30(16-20-11-12-20)17-21-6-4-9-23(14-21)34-22-7-2-1-3-8-22/h1-10,13-14,19-20H,11-12,15-18H2,(H,28,31). The number of nitrogens with zero attached hydrogens (tertiary/aromatic N) is 2. The van der Waals surface area contributed by atoms with Crippen LogP contribution < -0.4 is 10.1 Å². The largest absolute Gasteiger partial charge is 0.467 e. The van der Waals surface area contributed by atoms with Crippen LogP contribution in [0.3, 0.4) is 0 Å². The molecule has 1 N–H and O–H groups in total. The van der Waals surface area contributed by atoms with Crippen LogP contribution in [0, 0.1) is 5.92 Å². The van der Waals surface area contributed by atoms with E-state index in [1.807, 2.05) is 48.5 Å². The highest BCUT2D eigenvalue weighted by Crippen LogP contribution is 2.31. The molecule has 0 atom stereocenters. The van der Waals surface area contributed by atoms with Crippen LogP contribution in [0.15, 0.2) is 88.1 Å². The molecule has 0 aliphatic heterocycles. The third-order valence-electron chi connectivity index (χ3n) is 5.64. The summed E-state index contributed by atoms with van der Waals surface area (Å²) in [5.41, 5.74) is 1.42. The van der Waals surface area contributed by atoms with Crippen LogP contribution in [0.1, 0.15) is 40.5 Å². The van der Waals surface area contributed by atoms with Gasteiger partial charge in [-0.15, -0.1) is 0 Å². The summed E-state index contributed by atoms with van der Waals surface area (Å²) < 4.78 is 16.9. The number of amides is 1. The lowest BCUT2D eigenvalue weighted by atomic mass is 10.2. The fourth-order valence-electron chi connectivity index (χ4n) is 3.79. The van der Waals surface area contributed by atoms with Gasteiger partial charge in [-0.1, -0.05) is 30.3 Å². The quantitative estimate of drug-likeness (QED) is 0.325. The van der Waals surface area contributed by atoms with E-state index in [9.17, 15) is 4.79 Å². The molecule has 7 nitrogen and oxygen atoms in total. The molecule has 2 heterocycles. The monoisotopic (exact) mass is 457 g/mol. The van der Waals surface area contributed by atoms with Crippen LogP contribution in [0.4, 0.5) is 0 Å². The summed E-state index contributed by atoms with van der Waals surface area (Å²) in [6, 6.07) is 21.5. The Labute approximate surface area is 198 Å². The zero-order valence-electron chi connectivity index (χ0n) is 18.9. The minimum absolute atomic E-state index is 0.270. The predicted molar refractivity (Wildman–Crippen MR) is 126 cm³/mol. The number of para-hydroxylation sites is 1. The molecule has 4 aromatic rings. The lowest BCUT2D eigenvalue weighted by Gasteiger charge is -2.21. The van der Waals surface area contributed by atoms with Crippen LogP contribution in [0.2, 0.25) is 0 Å². The lowest BCUT2D eigenvalue weighted by molar-refractivity contribution is 0.0943. The van der Waals surface area contributed by atoms with Crippen LogP contribution >= 0.6 is 0 Å². The Bertz CT molecular complexity index is 1200. The zero-order valence-corrected chi connectivity index (χ0v) is 18.9. The van der Waals surface area contributed by atoms with Crippen molar-refractivity contribution in [2.75, 3.05) is 6.54 Å². The molecule has 1 fully saturated rings. The summed E-state index contributed by atoms with van der Waals surface area (Å²) in [5.74, 6) is 3.25. The first-order valence-corrected chi connectivity index (χ1v) is 11.5. The van der Waals surface area contributed by atoms with Crippen molar-refractivity contribution in [1.29, 1.82) is 0 Å². The number of aromatic nitrogens is 1. The van der Waals surface area contributed by atoms with Crippen molar-refractivity contribution in [3.63, 3.8) is 0 Å². The number of hydrogen-bond acceptors (Lipinski definition) is 6. The molecule has 0 spiro atoms. The van der Waals surface area contributed by atoms with Gasteiger partial charge in [-0.2, -0.15) is 0 Å². The number of furan rings is 1. The Morgan fingerprint density at radius 3 is 2.65 bits per heavy atom. The fourth-order valence-corrected chi connectivity index (χ4v) is 3.79. The van der Waals surface area contributed by atoms with Gasteiger partial charge in [0.1, 0.15) is 23.5 Å². The highest BCUT2D eigenvalue weighted by Gasteiger charge is 2.25. The van der Waals surface area contributed by atoms with Gasteiger partial charge in [0.15, 0.2) is 5.69 Å². The van der Waals surface area contributed by atoms with Crippen LogP contribution in [0.5, 0.6) is 11.5 Å². The SMILES string of the molecule is O=C(NCc1ccco1)c1coc(CN(Cc2cccc(Oc3ccccc3)c2)CC2CC2)n1. The molecule has 1 aliphatic carbocycles. The minimum Gasteiger partial charge on any atom is -0.467 e. The summed E-state index contributed by atoms with van der Waals surface area (Å²) >= 11 is 0. The molecule has 5 rings (SSSR count). The maximum atomic E-state index is 12.4. The van der Waals surface area contributed by atoms with E-state index in [2.05, 4.69) is 27.3 Å². The van der Waals surface area contributed by atoms with Gasteiger partial charge in [-0.25, -0.2) is 4.98 Å². The zero-order chi connectivity index (χ0) is 23.2. The molecule has 1 aliphatic rings. The van der Waals surface area contributed by atoms with Gasteiger partial charge in [0.2, 0.25) is 5.89 Å². The molecule has 2 aromatic carbocycles. The number of benzene rings is 2. The van der Waals surface area contributed by atoms with E-state index in [-0.39, 0.29) is 11.6 Å². The van der Waals surface area contributed by atoms with Gasteiger partial charge in [-0.05, 0) is 60.7 Å². The number of carbonyl (C=O) groups excluding carboxylic acids is 1. The van der Waals surface area contributed by atoms with Crippen LogP contribution in [0.25, 0.3) is 0 Å². The molecular formula is C27H27N3O4. The molecular weight excluding hydrogens is 430 g/mol. The Morgan fingerprint density at radius 2 is 1.85 bits per heavy atom. The highest BCUT2D eigenvalue weighted by molar-refractivity contribution is 5.91. The Kier molecular flexibility index (Phi) is 6.72. The van der Waals surface area contributed by atoms with Crippen LogP contribution in [-0.2, 0) is 19.6 Å². The van der Waals surface area contributed by atoms with Gasteiger partial charge < -0.3 is 18.9 Å². The normalized spacial score (nSPS) is 13.2. The second kappa shape index (κ2) is 10.4. The van der Waals surface area contributed by atoms with Gasteiger partial charge in [-0.3, -0.25) is 9.69 Å². The number of hydrogen-bond donors (Lipinski definition) is 1. The molecule has 0 bridgehead atoms. The minimum atomic E-state index is -0.286. The molecule has 0 saturated heterocycles. The topological polar surface area (TPSA) is 80.7 Å². The van der Waals surface area contributed by atoms with E-state index >= 15 is 0 Å². The molecule has 2 aromatic heterocycles. The van der Waals surface area contributed by atoms with Crippen molar-refractivity contribution in [2.45, 2.75) is 32.5 Å². The van der Waals surface area contributed by atoms with Crippen LogP contribution in [-0.4, -0.2) is 22.3 Å². The molecule has 174 valence electrons. The lowest BCUT2D eigenvalue weighted by Crippen LogP contribution is -2.26. The van der Waals surface area contributed by atoms with E-state index < -0.39 is 0 Å². The van der Waals surface area contributed by atoms with Gasteiger partial charge in [0, 0.05) is 13.1 Å². The third kappa shape index (κ3) is 6.14. The second-order valence-corrected chi connectivity index (χ2v) is 8.56. The number of nitrogens with one attached hydrogen (secondary N) is 1. The van der Waals surface area contributed by atoms with Crippen molar-refractivity contribution in [3.8, 4) is 11.5 Å². The molecule has 1 amide bonds.